The SMILES string of the molecule is CCNC(=NCC1(OC)CCOCC1)NC1CCN(C(=O)C(C)C)CC1. The molecule has 0 unspecified atom stereocenters. The number of aliphatic imine (C=N–C) groups is 1. The molecule has 26 heavy (non-hydrogen) atoms. The van der Waals surface area contributed by atoms with Crippen LogP contribution in [0.25, 0.3) is 0 Å². The Labute approximate surface area is 157 Å². The minimum absolute atomic E-state index is 0.0723. The number of piperidine rings is 1. The molecule has 2 heterocycles. The number of methoxy groups -OCH3 is 1. The van der Waals surface area contributed by atoms with Gasteiger partial charge in [0.25, 0.3) is 0 Å². The number of carbonyl (C=O) groups is 1. The fraction of sp³-hybridized carbons (Fsp3) is 0.895. The van der Waals surface area contributed by atoms with Gasteiger partial charge in [-0.2, -0.15) is 0 Å². The van der Waals surface area contributed by atoms with Crippen molar-refractivity contribution in [2.45, 2.75) is 58.1 Å². The lowest BCUT2D eigenvalue weighted by molar-refractivity contribution is -0.135. The van der Waals surface area contributed by atoms with Crippen molar-refractivity contribution in [2.24, 2.45) is 10.9 Å². The van der Waals surface area contributed by atoms with Gasteiger partial charge in [-0.3, -0.25) is 9.79 Å². The van der Waals surface area contributed by atoms with Crippen molar-refractivity contribution in [2.75, 3.05) is 46.5 Å². The van der Waals surface area contributed by atoms with Gasteiger partial charge in [0.05, 0.1) is 12.1 Å². The number of ether oxygens (including phenoxy) is 2. The topological polar surface area (TPSA) is 75.2 Å². The van der Waals surface area contributed by atoms with Gasteiger partial charge >= 0.3 is 0 Å². The van der Waals surface area contributed by atoms with Gasteiger partial charge in [0, 0.05) is 64.8 Å². The van der Waals surface area contributed by atoms with E-state index in [0.717, 1.165) is 64.5 Å². The van der Waals surface area contributed by atoms with E-state index < -0.39 is 0 Å². The van der Waals surface area contributed by atoms with Crippen molar-refractivity contribution in [1.82, 2.24) is 15.5 Å². The maximum absolute atomic E-state index is 12.1. The van der Waals surface area contributed by atoms with Crippen molar-refractivity contribution in [1.29, 1.82) is 0 Å². The monoisotopic (exact) mass is 368 g/mol. The number of nitrogens with one attached hydrogen (secondary N) is 2. The highest BCUT2D eigenvalue weighted by Crippen LogP contribution is 2.24. The van der Waals surface area contributed by atoms with Crippen LogP contribution in [0.1, 0.15) is 46.5 Å². The first kappa shape index (κ1) is 21.0. The highest BCUT2D eigenvalue weighted by Gasteiger charge is 2.32. The third-order valence-corrected chi connectivity index (χ3v) is 5.35. The summed E-state index contributed by atoms with van der Waals surface area (Å²) in [6.45, 7) is 10.5. The molecule has 0 bridgehead atoms. The highest BCUT2D eigenvalue weighted by molar-refractivity contribution is 5.80. The number of carbonyl (C=O) groups excluding carboxylic acids is 1. The summed E-state index contributed by atoms with van der Waals surface area (Å²) >= 11 is 0. The van der Waals surface area contributed by atoms with Crippen LogP contribution >= 0.6 is 0 Å². The molecule has 0 aromatic rings. The summed E-state index contributed by atoms with van der Waals surface area (Å²) in [4.78, 5) is 18.9. The van der Waals surface area contributed by atoms with E-state index in [9.17, 15) is 4.79 Å². The Morgan fingerprint density at radius 3 is 2.50 bits per heavy atom. The van der Waals surface area contributed by atoms with Crippen molar-refractivity contribution < 1.29 is 14.3 Å². The van der Waals surface area contributed by atoms with Crippen LogP contribution in [-0.4, -0.2) is 74.9 Å². The summed E-state index contributed by atoms with van der Waals surface area (Å²) in [5, 5.41) is 6.88. The molecule has 0 saturated carbocycles. The van der Waals surface area contributed by atoms with Crippen LogP contribution in [0.2, 0.25) is 0 Å². The molecule has 0 spiro atoms. The first-order valence-corrected chi connectivity index (χ1v) is 9.96. The quantitative estimate of drug-likeness (QED) is 0.547. The normalized spacial score (nSPS) is 21.7. The van der Waals surface area contributed by atoms with Crippen molar-refractivity contribution in [3.63, 3.8) is 0 Å². The zero-order chi connectivity index (χ0) is 19.0. The second-order valence-electron chi connectivity index (χ2n) is 7.59. The predicted octanol–water partition coefficient (Wildman–Crippen LogP) is 1.38. The molecule has 0 aliphatic carbocycles. The zero-order valence-electron chi connectivity index (χ0n) is 16.8. The number of amides is 1. The first-order chi connectivity index (χ1) is 12.5. The Hall–Kier alpha value is -1.34. The summed E-state index contributed by atoms with van der Waals surface area (Å²) in [7, 11) is 1.77. The summed E-state index contributed by atoms with van der Waals surface area (Å²) < 4.78 is 11.2. The number of hydrogen-bond donors (Lipinski definition) is 2. The van der Waals surface area contributed by atoms with Crippen LogP contribution in [0.3, 0.4) is 0 Å². The Kier molecular flexibility index (Phi) is 8.15. The Balaban J connectivity index is 1.88. The van der Waals surface area contributed by atoms with Crippen LogP contribution in [0, 0.1) is 5.92 Å². The number of guanidine groups is 1. The molecule has 0 aromatic heterocycles. The van der Waals surface area contributed by atoms with E-state index in [2.05, 4.69) is 17.6 Å². The second kappa shape index (κ2) is 10.1. The van der Waals surface area contributed by atoms with E-state index in [4.69, 9.17) is 14.5 Å². The molecule has 2 rings (SSSR count). The molecule has 2 saturated heterocycles. The molecular weight excluding hydrogens is 332 g/mol. The molecule has 2 N–H and O–H groups in total. The summed E-state index contributed by atoms with van der Waals surface area (Å²) in [5.41, 5.74) is -0.215. The largest absolute Gasteiger partial charge is 0.381 e. The minimum Gasteiger partial charge on any atom is -0.381 e. The maximum atomic E-state index is 12.1. The molecule has 7 heteroatoms. The standard InChI is InChI=1S/C19H36N4O3/c1-5-20-18(21-14-19(25-4)8-12-26-13-9-19)22-16-6-10-23(11-7-16)17(24)15(2)3/h15-16H,5-14H2,1-4H3,(H2,20,21,22). The molecule has 1 amide bonds. The van der Waals surface area contributed by atoms with E-state index in [0.29, 0.717) is 12.6 Å². The van der Waals surface area contributed by atoms with Gasteiger partial charge < -0.3 is 25.0 Å². The fourth-order valence-corrected chi connectivity index (χ4v) is 3.52. The van der Waals surface area contributed by atoms with E-state index in [1.54, 1.807) is 7.11 Å². The van der Waals surface area contributed by atoms with Gasteiger partial charge in [-0.15, -0.1) is 0 Å². The molecule has 2 aliphatic rings. The molecule has 7 nitrogen and oxygen atoms in total. The van der Waals surface area contributed by atoms with Gasteiger partial charge in [0.1, 0.15) is 0 Å². The molecule has 150 valence electrons. The smallest absolute Gasteiger partial charge is 0.225 e. The highest BCUT2D eigenvalue weighted by atomic mass is 16.5. The van der Waals surface area contributed by atoms with Crippen LogP contribution in [-0.2, 0) is 14.3 Å². The van der Waals surface area contributed by atoms with Crippen LogP contribution in [0.5, 0.6) is 0 Å². The summed E-state index contributed by atoms with van der Waals surface area (Å²) in [6, 6.07) is 0.345. The van der Waals surface area contributed by atoms with Crippen molar-refractivity contribution >= 4 is 11.9 Å². The van der Waals surface area contributed by atoms with Gasteiger partial charge in [-0.25, -0.2) is 0 Å². The van der Waals surface area contributed by atoms with Crippen LogP contribution < -0.4 is 10.6 Å². The predicted molar refractivity (Wildman–Crippen MR) is 103 cm³/mol. The lowest BCUT2D eigenvalue weighted by Crippen LogP contribution is -2.51. The van der Waals surface area contributed by atoms with E-state index in [1.165, 1.54) is 0 Å². The van der Waals surface area contributed by atoms with Gasteiger partial charge in [-0.1, -0.05) is 13.8 Å². The van der Waals surface area contributed by atoms with Gasteiger partial charge in [0.15, 0.2) is 5.96 Å². The molecule has 2 fully saturated rings. The molecule has 0 aromatic carbocycles. The van der Waals surface area contributed by atoms with Crippen molar-refractivity contribution in [3.05, 3.63) is 0 Å². The van der Waals surface area contributed by atoms with Gasteiger partial charge in [0.2, 0.25) is 5.91 Å². The lowest BCUT2D eigenvalue weighted by atomic mass is 9.94. The number of likely N-dealkylation sites (tertiary alicyclic amines) is 1. The maximum Gasteiger partial charge on any atom is 0.225 e. The Morgan fingerprint density at radius 1 is 1.31 bits per heavy atom. The first-order valence-electron chi connectivity index (χ1n) is 9.96. The molecule has 2 aliphatic heterocycles. The number of rotatable bonds is 6. The Morgan fingerprint density at radius 2 is 1.96 bits per heavy atom. The third-order valence-electron chi connectivity index (χ3n) is 5.35. The number of hydrogen-bond acceptors (Lipinski definition) is 4. The fourth-order valence-electron chi connectivity index (χ4n) is 3.52. The molecule has 0 atom stereocenters. The minimum atomic E-state index is -0.215. The second-order valence-corrected chi connectivity index (χ2v) is 7.59. The average Bonchev–Trinajstić information content (AvgIpc) is 2.67. The lowest BCUT2D eigenvalue weighted by Gasteiger charge is -2.35. The summed E-state index contributed by atoms with van der Waals surface area (Å²) in [5.74, 6) is 1.16. The van der Waals surface area contributed by atoms with Crippen molar-refractivity contribution in [3.8, 4) is 0 Å². The number of nitrogens with zero attached hydrogens (tertiary/aromatic N) is 2. The molecule has 0 radical (unpaired) electrons. The third kappa shape index (κ3) is 5.84. The Bertz CT molecular complexity index is 467. The van der Waals surface area contributed by atoms with E-state index >= 15 is 0 Å². The van der Waals surface area contributed by atoms with Crippen LogP contribution in [0.4, 0.5) is 0 Å². The van der Waals surface area contributed by atoms with E-state index in [-0.39, 0.29) is 17.4 Å². The average molecular weight is 369 g/mol. The van der Waals surface area contributed by atoms with Crippen LogP contribution in [0.15, 0.2) is 4.99 Å². The molecular formula is C19H36N4O3. The van der Waals surface area contributed by atoms with E-state index in [1.807, 2.05) is 18.7 Å². The summed E-state index contributed by atoms with van der Waals surface area (Å²) in [6.07, 6.45) is 3.66. The zero-order valence-corrected chi connectivity index (χ0v) is 16.8. The van der Waals surface area contributed by atoms with Gasteiger partial charge in [-0.05, 0) is 19.8 Å².